The predicted octanol–water partition coefficient (Wildman–Crippen LogP) is 4.93. The predicted molar refractivity (Wildman–Crippen MR) is 170 cm³/mol. The lowest BCUT2D eigenvalue weighted by molar-refractivity contribution is -0.567. The molecular formula is C32H35N2O7S2+. The minimum atomic E-state index is -4.23. The molecule has 0 fully saturated rings. The van der Waals surface area contributed by atoms with Gasteiger partial charge in [-0.3, -0.25) is 9.11 Å². The van der Waals surface area contributed by atoms with Crippen LogP contribution in [0.15, 0.2) is 97.4 Å². The fourth-order valence-corrected chi connectivity index (χ4v) is 6.66. The molecule has 0 bridgehead atoms. The molecule has 0 aromatic heterocycles. The van der Waals surface area contributed by atoms with Crippen molar-refractivity contribution < 1.29 is 36.0 Å². The van der Waals surface area contributed by atoms with Crippen LogP contribution in [0.4, 0.5) is 11.4 Å². The second-order valence-corrected chi connectivity index (χ2v) is 14.1. The van der Waals surface area contributed by atoms with Crippen molar-refractivity contribution in [2.24, 2.45) is 0 Å². The second-order valence-electron chi connectivity index (χ2n) is 11.0. The Morgan fingerprint density at radius 3 is 2.16 bits per heavy atom. The molecule has 4 aromatic rings. The zero-order valence-electron chi connectivity index (χ0n) is 23.8. The van der Waals surface area contributed by atoms with E-state index in [-0.39, 0.29) is 18.8 Å². The fourth-order valence-electron chi connectivity index (χ4n) is 5.83. The highest BCUT2D eigenvalue weighted by molar-refractivity contribution is 7.86. The number of allylic oxidation sites excluding steroid dienone is 2. The van der Waals surface area contributed by atoms with E-state index in [1.54, 1.807) is 4.90 Å². The van der Waals surface area contributed by atoms with Crippen LogP contribution in [0, 0.1) is 0 Å². The molecule has 0 saturated heterocycles. The van der Waals surface area contributed by atoms with E-state index >= 15 is 0 Å². The second kappa shape index (κ2) is 12.1. The first-order valence-electron chi connectivity index (χ1n) is 13.9. The molecule has 1 heterocycles. The number of ether oxygens (including phenoxy) is 1. The number of rotatable bonds is 12. The number of nitrogens with two attached hydrogens (primary N) is 1. The SMILES string of the molecule is C=CCC(C)(C/C=C1\Oc2c(ccc3ccccc23)N1CCS(=O)(=O)O)c1c([NH2+]CCS(=O)(=O)O)ccc2ccccc12. The van der Waals surface area contributed by atoms with E-state index in [1.165, 1.54) is 0 Å². The van der Waals surface area contributed by atoms with Crippen LogP contribution in [0.2, 0.25) is 0 Å². The van der Waals surface area contributed by atoms with Gasteiger partial charge in [0.25, 0.3) is 20.2 Å². The Hall–Kier alpha value is -3.74. The Bertz CT molecular complexity index is 1940. The average molecular weight is 624 g/mol. The van der Waals surface area contributed by atoms with E-state index in [0.29, 0.717) is 30.2 Å². The lowest BCUT2D eigenvalue weighted by Gasteiger charge is -2.31. The highest BCUT2D eigenvalue weighted by atomic mass is 32.2. The molecule has 4 aromatic carbocycles. The molecule has 4 N–H and O–H groups in total. The molecule has 1 aliphatic rings. The number of nitrogens with zero attached hydrogens (tertiary/aromatic N) is 1. The van der Waals surface area contributed by atoms with Crippen LogP contribution in [0.3, 0.4) is 0 Å². The van der Waals surface area contributed by atoms with Gasteiger partial charge in [-0.05, 0) is 53.3 Å². The van der Waals surface area contributed by atoms with E-state index < -0.39 is 31.4 Å². The molecule has 0 spiro atoms. The molecule has 1 atom stereocenters. The van der Waals surface area contributed by atoms with Gasteiger partial charge in [0.05, 0.1) is 18.0 Å². The number of hydrogen-bond donors (Lipinski definition) is 3. The number of anilines is 1. The highest BCUT2D eigenvalue weighted by Gasteiger charge is 2.34. The number of benzene rings is 4. The van der Waals surface area contributed by atoms with E-state index in [1.807, 2.05) is 90.3 Å². The quantitative estimate of drug-likeness (QED) is 0.115. The molecule has 1 aliphatic heterocycles. The Morgan fingerprint density at radius 1 is 0.860 bits per heavy atom. The first-order valence-corrected chi connectivity index (χ1v) is 17.1. The molecule has 9 nitrogen and oxygen atoms in total. The Morgan fingerprint density at radius 2 is 1.49 bits per heavy atom. The summed E-state index contributed by atoms with van der Waals surface area (Å²) in [4.78, 5) is 1.77. The number of quaternary nitrogens is 1. The standard InChI is InChI=1S/C32H34N2O7S2/c1-3-17-32(2,30-25-10-6-4-8-23(25)12-14-27(30)33-19-21-42(35,36)37)18-16-29-34(20-22-43(38,39)40)28-15-13-24-9-5-7-11-26(24)31(28)41-29/h3-16,33H,1,17-22H2,2H3,(H,35,36,37)(H,38,39,40)/p+1/b29-16-. The van der Waals surface area contributed by atoms with Crippen LogP contribution in [0.5, 0.6) is 5.75 Å². The molecule has 0 amide bonds. The Kier molecular flexibility index (Phi) is 8.64. The van der Waals surface area contributed by atoms with Crippen molar-refractivity contribution in [3.05, 3.63) is 103 Å². The van der Waals surface area contributed by atoms with Crippen molar-refractivity contribution in [2.75, 3.05) is 29.5 Å². The van der Waals surface area contributed by atoms with Gasteiger partial charge >= 0.3 is 0 Å². The molecule has 11 heteroatoms. The third-order valence-corrected chi connectivity index (χ3v) is 9.27. The maximum Gasteiger partial charge on any atom is 0.270 e. The summed E-state index contributed by atoms with van der Waals surface area (Å²) < 4.78 is 71.5. The Labute approximate surface area is 252 Å². The maximum absolute atomic E-state index is 11.7. The van der Waals surface area contributed by atoms with Crippen LogP contribution in [0.25, 0.3) is 21.5 Å². The van der Waals surface area contributed by atoms with E-state index in [2.05, 4.69) is 13.5 Å². The van der Waals surface area contributed by atoms with Gasteiger partial charge in [0.15, 0.2) is 11.6 Å². The third kappa shape index (κ3) is 6.92. The smallest absolute Gasteiger partial charge is 0.270 e. The van der Waals surface area contributed by atoms with E-state index in [0.717, 1.165) is 32.8 Å². The lowest BCUT2D eigenvalue weighted by atomic mass is 9.74. The van der Waals surface area contributed by atoms with Crippen LogP contribution in [0.1, 0.15) is 25.3 Å². The summed E-state index contributed by atoms with van der Waals surface area (Å²) in [6.45, 7) is 6.26. The monoisotopic (exact) mass is 623 g/mol. The molecule has 0 saturated carbocycles. The van der Waals surface area contributed by atoms with Gasteiger partial charge in [-0.2, -0.15) is 16.8 Å². The number of hydrogen-bond acceptors (Lipinski definition) is 6. The van der Waals surface area contributed by atoms with E-state index in [9.17, 15) is 25.9 Å². The van der Waals surface area contributed by atoms with Gasteiger partial charge in [0.2, 0.25) is 0 Å². The molecule has 5 rings (SSSR count). The summed E-state index contributed by atoms with van der Waals surface area (Å²) >= 11 is 0. The fraction of sp³-hybridized carbons (Fsp3) is 0.250. The highest BCUT2D eigenvalue weighted by Crippen LogP contribution is 2.46. The minimum absolute atomic E-state index is 0.00287. The first-order chi connectivity index (χ1) is 20.4. The van der Waals surface area contributed by atoms with Crippen molar-refractivity contribution in [1.29, 1.82) is 0 Å². The lowest BCUT2D eigenvalue weighted by Crippen LogP contribution is -2.80. The normalized spacial score (nSPS) is 15.9. The average Bonchev–Trinajstić information content (AvgIpc) is 3.32. The largest absolute Gasteiger partial charge is 0.438 e. The summed E-state index contributed by atoms with van der Waals surface area (Å²) in [6, 6.07) is 23.5. The minimum Gasteiger partial charge on any atom is -0.438 e. The van der Waals surface area contributed by atoms with Gasteiger partial charge < -0.3 is 15.0 Å². The van der Waals surface area contributed by atoms with Gasteiger partial charge in [-0.1, -0.05) is 67.6 Å². The molecule has 0 radical (unpaired) electrons. The molecule has 43 heavy (non-hydrogen) atoms. The maximum atomic E-state index is 11.7. The molecule has 226 valence electrons. The summed E-state index contributed by atoms with van der Waals surface area (Å²) in [6.07, 6.45) is 4.82. The van der Waals surface area contributed by atoms with Crippen LogP contribution in [-0.4, -0.2) is 50.5 Å². The van der Waals surface area contributed by atoms with Crippen LogP contribution < -0.4 is 15.0 Å². The summed E-state index contributed by atoms with van der Waals surface area (Å²) in [5, 5.41) is 5.73. The Balaban J connectivity index is 1.58. The molecular weight excluding hydrogens is 588 g/mol. The van der Waals surface area contributed by atoms with Gasteiger partial charge in [0, 0.05) is 22.9 Å². The van der Waals surface area contributed by atoms with Crippen molar-refractivity contribution in [3.63, 3.8) is 0 Å². The van der Waals surface area contributed by atoms with Crippen molar-refractivity contribution in [3.8, 4) is 5.75 Å². The zero-order chi connectivity index (χ0) is 30.8. The van der Waals surface area contributed by atoms with E-state index in [4.69, 9.17) is 4.74 Å². The van der Waals surface area contributed by atoms with Crippen LogP contribution >= 0.6 is 0 Å². The van der Waals surface area contributed by atoms with Crippen molar-refractivity contribution in [1.82, 2.24) is 0 Å². The van der Waals surface area contributed by atoms with Gasteiger partial charge in [-0.25, -0.2) is 0 Å². The van der Waals surface area contributed by atoms with Gasteiger partial charge in [-0.15, -0.1) is 6.58 Å². The first kappa shape index (κ1) is 30.7. The van der Waals surface area contributed by atoms with Gasteiger partial charge in [0.1, 0.15) is 11.4 Å². The van der Waals surface area contributed by atoms with Crippen molar-refractivity contribution >= 4 is 53.2 Å². The summed E-state index contributed by atoms with van der Waals surface area (Å²) in [7, 11) is -8.35. The molecule has 1 unspecified atom stereocenters. The topological polar surface area (TPSA) is 138 Å². The summed E-state index contributed by atoms with van der Waals surface area (Å²) in [5.74, 6) is 0.224. The summed E-state index contributed by atoms with van der Waals surface area (Å²) in [5.41, 5.74) is 2.04. The third-order valence-electron chi connectivity index (χ3n) is 7.82. The number of fused-ring (bicyclic) bond motifs is 4. The van der Waals surface area contributed by atoms with Crippen LogP contribution in [-0.2, 0) is 25.7 Å². The molecule has 0 aliphatic carbocycles. The zero-order valence-corrected chi connectivity index (χ0v) is 25.4. The van der Waals surface area contributed by atoms with Crippen molar-refractivity contribution in [2.45, 2.75) is 25.2 Å².